The molecule has 2 heteroatoms. The molecule has 0 heterocycles. The fourth-order valence-corrected chi connectivity index (χ4v) is 0.698. The van der Waals surface area contributed by atoms with Gasteiger partial charge in [0, 0.05) is 5.57 Å². The molecule has 11 heavy (non-hydrogen) atoms. The molecule has 0 aromatic carbocycles. The third kappa shape index (κ3) is 4.37. The molecular weight excluding hydrogens is 138 g/mol. The Balaban J connectivity index is 4.00. The maximum absolute atomic E-state index is 10.6. The summed E-state index contributed by atoms with van der Waals surface area (Å²) < 4.78 is 0. The molecule has 0 saturated heterocycles. The molecule has 0 atom stereocenters. The topological polar surface area (TPSA) is 43.1 Å². The van der Waals surface area contributed by atoms with Crippen LogP contribution in [0.2, 0.25) is 0 Å². The van der Waals surface area contributed by atoms with Gasteiger partial charge in [-0.25, -0.2) is 0 Å². The number of amides is 1. The molecule has 0 radical (unpaired) electrons. The van der Waals surface area contributed by atoms with Crippen molar-refractivity contribution in [3.63, 3.8) is 0 Å². The van der Waals surface area contributed by atoms with Crippen molar-refractivity contribution in [3.8, 4) is 0 Å². The van der Waals surface area contributed by atoms with Crippen LogP contribution in [0.25, 0.3) is 0 Å². The van der Waals surface area contributed by atoms with Crippen molar-refractivity contribution in [2.45, 2.75) is 26.7 Å². The van der Waals surface area contributed by atoms with Crippen LogP contribution < -0.4 is 5.73 Å². The molecule has 0 spiro atoms. The fraction of sp³-hybridized carbons (Fsp3) is 0.444. The highest BCUT2D eigenvalue weighted by Crippen LogP contribution is 1.97. The average Bonchev–Trinajstić information content (AvgIpc) is 1.97. The van der Waals surface area contributed by atoms with Crippen LogP contribution in [0.15, 0.2) is 23.8 Å². The maximum Gasteiger partial charge on any atom is 0.248 e. The molecule has 1 amide bonds. The van der Waals surface area contributed by atoms with Gasteiger partial charge in [0.1, 0.15) is 0 Å². The van der Waals surface area contributed by atoms with E-state index >= 15 is 0 Å². The zero-order valence-electron chi connectivity index (χ0n) is 7.13. The minimum atomic E-state index is -0.361. The lowest BCUT2D eigenvalue weighted by Crippen LogP contribution is -2.11. The lowest BCUT2D eigenvalue weighted by molar-refractivity contribution is -0.114. The number of hydrogen-bond donors (Lipinski definition) is 1. The third-order valence-electron chi connectivity index (χ3n) is 1.35. The van der Waals surface area contributed by atoms with E-state index < -0.39 is 0 Å². The van der Waals surface area contributed by atoms with Crippen LogP contribution in [0.5, 0.6) is 0 Å². The van der Waals surface area contributed by atoms with Crippen LogP contribution in [-0.2, 0) is 4.79 Å². The molecular formula is C9H15NO. The highest BCUT2D eigenvalue weighted by atomic mass is 16.1. The van der Waals surface area contributed by atoms with Gasteiger partial charge in [-0.05, 0) is 13.3 Å². The number of unbranched alkanes of at least 4 members (excludes halogenated alkanes) is 1. The summed E-state index contributed by atoms with van der Waals surface area (Å²) in [7, 11) is 0. The Hall–Kier alpha value is -1.05. The van der Waals surface area contributed by atoms with E-state index in [4.69, 9.17) is 5.73 Å². The summed E-state index contributed by atoms with van der Waals surface area (Å²) in [5, 5.41) is 0. The first-order valence-corrected chi connectivity index (χ1v) is 3.85. The third-order valence-corrected chi connectivity index (χ3v) is 1.35. The SMILES string of the molecule is C/C=C(\C=C/CCC)C(N)=O. The lowest BCUT2D eigenvalue weighted by atomic mass is 10.2. The van der Waals surface area contributed by atoms with Crippen molar-refractivity contribution in [2.75, 3.05) is 0 Å². The summed E-state index contributed by atoms with van der Waals surface area (Å²) in [6.07, 6.45) is 7.53. The lowest BCUT2D eigenvalue weighted by Gasteiger charge is -1.92. The molecule has 0 rings (SSSR count). The highest BCUT2D eigenvalue weighted by Gasteiger charge is 1.95. The molecule has 0 aromatic rings. The second kappa shape index (κ2) is 5.71. The van der Waals surface area contributed by atoms with E-state index in [0.29, 0.717) is 5.57 Å². The van der Waals surface area contributed by atoms with Gasteiger partial charge in [-0.3, -0.25) is 4.79 Å². The molecule has 62 valence electrons. The number of carbonyl (C=O) groups excluding carboxylic acids is 1. The van der Waals surface area contributed by atoms with Gasteiger partial charge >= 0.3 is 0 Å². The van der Waals surface area contributed by atoms with Crippen LogP contribution >= 0.6 is 0 Å². The molecule has 0 aromatic heterocycles. The van der Waals surface area contributed by atoms with E-state index in [9.17, 15) is 4.79 Å². The van der Waals surface area contributed by atoms with Crippen molar-refractivity contribution in [1.29, 1.82) is 0 Å². The van der Waals surface area contributed by atoms with Gasteiger partial charge in [-0.1, -0.05) is 31.6 Å². The van der Waals surface area contributed by atoms with E-state index in [-0.39, 0.29) is 5.91 Å². The molecule has 2 nitrogen and oxygen atoms in total. The van der Waals surface area contributed by atoms with Crippen molar-refractivity contribution in [2.24, 2.45) is 5.73 Å². The first kappa shape index (κ1) is 9.95. The Morgan fingerprint density at radius 1 is 1.55 bits per heavy atom. The summed E-state index contributed by atoms with van der Waals surface area (Å²) >= 11 is 0. The van der Waals surface area contributed by atoms with E-state index in [1.54, 1.807) is 19.1 Å². The van der Waals surface area contributed by atoms with Gasteiger partial charge in [0.25, 0.3) is 0 Å². The smallest absolute Gasteiger partial charge is 0.248 e. The van der Waals surface area contributed by atoms with E-state index in [2.05, 4.69) is 6.92 Å². The Labute approximate surface area is 67.8 Å². The first-order chi connectivity index (χ1) is 5.22. The van der Waals surface area contributed by atoms with Crippen LogP contribution in [0.3, 0.4) is 0 Å². The zero-order valence-corrected chi connectivity index (χ0v) is 7.13. The van der Waals surface area contributed by atoms with E-state index in [1.807, 2.05) is 6.08 Å². The molecule has 0 saturated carbocycles. The number of primary amides is 1. The van der Waals surface area contributed by atoms with E-state index in [1.165, 1.54) is 0 Å². The normalized spacial score (nSPS) is 12.4. The van der Waals surface area contributed by atoms with Crippen molar-refractivity contribution in [3.05, 3.63) is 23.8 Å². The Morgan fingerprint density at radius 2 is 2.18 bits per heavy atom. The number of hydrogen-bond acceptors (Lipinski definition) is 1. The van der Waals surface area contributed by atoms with Gasteiger partial charge in [-0.15, -0.1) is 0 Å². The van der Waals surface area contributed by atoms with Crippen molar-refractivity contribution >= 4 is 5.91 Å². The average molecular weight is 153 g/mol. The van der Waals surface area contributed by atoms with Gasteiger partial charge < -0.3 is 5.73 Å². The summed E-state index contributed by atoms with van der Waals surface area (Å²) in [5.41, 5.74) is 5.65. The van der Waals surface area contributed by atoms with Crippen LogP contribution in [0.1, 0.15) is 26.7 Å². The van der Waals surface area contributed by atoms with Crippen LogP contribution in [0, 0.1) is 0 Å². The predicted molar refractivity (Wildman–Crippen MR) is 47.0 cm³/mol. The molecule has 0 aliphatic rings. The summed E-state index contributed by atoms with van der Waals surface area (Å²) in [4.78, 5) is 10.6. The van der Waals surface area contributed by atoms with Crippen molar-refractivity contribution in [1.82, 2.24) is 0 Å². The molecule has 2 N–H and O–H groups in total. The monoisotopic (exact) mass is 153 g/mol. The minimum Gasteiger partial charge on any atom is -0.366 e. The Morgan fingerprint density at radius 3 is 2.55 bits per heavy atom. The molecule has 0 fully saturated rings. The fourth-order valence-electron chi connectivity index (χ4n) is 0.698. The second-order valence-electron chi connectivity index (χ2n) is 2.30. The summed E-state index contributed by atoms with van der Waals surface area (Å²) in [6.45, 7) is 3.89. The van der Waals surface area contributed by atoms with Gasteiger partial charge in [0.2, 0.25) is 5.91 Å². The second-order valence-corrected chi connectivity index (χ2v) is 2.30. The van der Waals surface area contributed by atoms with Crippen LogP contribution in [0.4, 0.5) is 0 Å². The summed E-state index contributed by atoms with van der Waals surface area (Å²) in [6, 6.07) is 0. The number of nitrogens with two attached hydrogens (primary N) is 1. The molecule has 0 bridgehead atoms. The first-order valence-electron chi connectivity index (χ1n) is 3.85. The van der Waals surface area contributed by atoms with Crippen molar-refractivity contribution < 1.29 is 4.79 Å². The minimum absolute atomic E-state index is 0.361. The number of allylic oxidation sites excluding steroid dienone is 2. The highest BCUT2D eigenvalue weighted by molar-refractivity contribution is 5.94. The number of carbonyl (C=O) groups is 1. The summed E-state index contributed by atoms with van der Waals surface area (Å²) in [5.74, 6) is -0.361. The van der Waals surface area contributed by atoms with E-state index in [0.717, 1.165) is 12.8 Å². The predicted octanol–water partition coefficient (Wildman–Crippen LogP) is 1.77. The largest absolute Gasteiger partial charge is 0.366 e. The van der Waals surface area contributed by atoms with Gasteiger partial charge in [0.05, 0.1) is 0 Å². The van der Waals surface area contributed by atoms with Gasteiger partial charge in [-0.2, -0.15) is 0 Å². The Bertz CT molecular complexity index is 180. The maximum atomic E-state index is 10.6. The van der Waals surface area contributed by atoms with Gasteiger partial charge in [0.15, 0.2) is 0 Å². The Kier molecular flexibility index (Phi) is 5.17. The standard InChI is InChI=1S/C9H15NO/c1-3-5-6-7-8(4-2)9(10)11/h4,6-7H,3,5H2,1-2H3,(H2,10,11)/b7-6-,8-4+. The molecule has 0 aliphatic carbocycles. The zero-order chi connectivity index (χ0) is 8.69. The van der Waals surface area contributed by atoms with Crippen LogP contribution in [-0.4, -0.2) is 5.91 Å². The molecule has 0 aliphatic heterocycles. The number of rotatable bonds is 4. The molecule has 0 unspecified atom stereocenters. The quantitative estimate of drug-likeness (QED) is 0.485.